The summed E-state index contributed by atoms with van der Waals surface area (Å²) in [6.45, 7) is 4.12. The quantitative estimate of drug-likeness (QED) is 0.797. The molecule has 1 N–H and O–H groups in total. The third-order valence-electron chi connectivity index (χ3n) is 3.66. The maximum atomic E-state index is 12.1. The third kappa shape index (κ3) is 4.71. The molecule has 1 aromatic carbocycles. The van der Waals surface area contributed by atoms with Crippen molar-refractivity contribution in [1.82, 2.24) is 5.32 Å². The molecule has 5 nitrogen and oxygen atoms in total. The monoisotopic (exact) mass is 315 g/mol. The van der Waals surface area contributed by atoms with Crippen LogP contribution in [0.15, 0.2) is 53.1 Å². The zero-order valence-electron chi connectivity index (χ0n) is 13.3. The largest absolute Gasteiger partial charge is 0.457 e. The van der Waals surface area contributed by atoms with Gasteiger partial charge in [0.25, 0.3) is 5.91 Å². The van der Waals surface area contributed by atoms with Crippen LogP contribution in [0.5, 0.6) is 0 Å². The maximum Gasteiger partial charge on any atom is 0.374 e. The van der Waals surface area contributed by atoms with Crippen LogP contribution in [-0.2, 0) is 9.53 Å². The minimum atomic E-state index is -0.874. The Labute approximate surface area is 135 Å². The first-order chi connectivity index (χ1) is 11.1. The zero-order chi connectivity index (χ0) is 16.7. The van der Waals surface area contributed by atoms with E-state index in [0.29, 0.717) is 6.54 Å². The highest BCUT2D eigenvalue weighted by molar-refractivity contribution is 5.89. The van der Waals surface area contributed by atoms with Crippen LogP contribution in [0.1, 0.15) is 42.3 Å². The van der Waals surface area contributed by atoms with Crippen molar-refractivity contribution in [3.8, 4) is 0 Å². The normalized spacial score (nSPS) is 13.1. The van der Waals surface area contributed by atoms with Crippen LogP contribution in [0, 0.1) is 0 Å². The van der Waals surface area contributed by atoms with E-state index in [1.54, 1.807) is 13.0 Å². The van der Waals surface area contributed by atoms with E-state index in [9.17, 15) is 9.59 Å². The van der Waals surface area contributed by atoms with Crippen LogP contribution >= 0.6 is 0 Å². The van der Waals surface area contributed by atoms with Crippen molar-refractivity contribution in [2.45, 2.75) is 32.3 Å². The van der Waals surface area contributed by atoms with Gasteiger partial charge >= 0.3 is 5.97 Å². The lowest BCUT2D eigenvalue weighted by Crippen LogP contribution is -2.37. The fourth-order valence-corrected chi connectivity index (χ4v) is 2.26. The van der Waals surface area contributed by atoms with Gasteiger partial charge in [0.05, 0.1) is 6.26 Å². The van der Waals surface area contributed by atoms with Gasteiger partial charge in [-0.1, -0.05) is 37.3 Å². The number of hydrogen-bond acceptors (Lipinski definition) is 4. The summed E-state index contributed by atoms with van der Waals surface area (Å²) >= 11 is 0. The average molecular weight is 315 g/mol. The SMILES string of the molecule is CC[C@@H](CNC(=O)[C@@H](C)OC(=O)c1ccco1)c1ccccc1. The van der Waals surface area contributed by atoms with Crippen molar-refractivity contribution in [2.75, 3.05) is 6.54 Å². The fourth-order valence-electron chi connectivity index (χ4n) is 2.26. The Bertz CT molecular complexity index is 622. The summed E-state index contributed by atoms with van der Waals surface area (Å²) in [7, 11) is 0. The van der Waals surface area contributed by atoms with Crippen LogP contribution in [0.2, 0.25) is 0 Å². The van der Waals surface area contributed by atoms with E-state index in [4.69, 9.17) is 9.15 Å². The molecule has 1 heterocycles. The number of carbonyl (C=O) groups is 2. The molecule has 2 rings (SSSR count). The lowest BCUT2D eigenvalue weighted by Gasteiger charge is -2.18. The maximum absolute atomic E-state index is 12.1. The molecule has 5 heteroatoms. The Morgan fingerprint density at radius 2 is 1.91 bits per heavy atom. The minimum Gasteiger partial charge on any atom is -0.457 e. The zero-order valence-corrected chi connectivity index (χ0v) is 13.3. The molecule has 122 valence electrons. The van der Waals surface area contributed by atoms with Crippen LogP contribution in [-0.4, -0.2) is 24.5 Å². The Morgan fingerprint density at radius 3 is 2.52 bits per heavy atom. The molecule has 23 heavy (non-hydrogen) atoms. The standard InChI is InChI=1S/C18H21NO4/c1-3-14(15-8-5-4-6-9-15)12-19-17(20)13(2)23-18(21)16-10-7-11-22-16/h4-11,13-14H,3,12H2,1-2H3,(H,19,20)/t13-,14+/m1/s1. The van der Waals surface area contributed by atoms with Crippen molar-refractivity contribution in [3.05, 3.63) is 60.1 Å². The number of nitrogens with one attached hydrogen (secondary N) is 1. The first-order valence-corrected chi connectivity index (χ1v) is 7.69. The Morgan fingerprint density at radius 1 is 1.17 bits per heavy atom. The van der Waals surface area contributed by atoms with Crippen LogP contribution in [0.3, 0.4) is 0 Å². The number of esters is 1. The van der Waals surface area contributed by atoms with Crippen LogP contribution in [0.4, 0.5) is 0 Å². The highest BCUT2D eigenvalue weighted by atomic mass is 16.6. The predicted octanol–water partition coefficient (Wildman–Crippen LogP) is 3.13. The second-order valence-electron chi connectivity index (χ2n) is 5.29. The van der Waals surface area contributed by atoms with E-state index in [-0.39, 0.29) is 17.6 Å². The molecule has 2 atom stereocenters. The summed E-state index contributed by atoms with van der Waals surface area (Å²) in [5.74, 6) is -0.652. The Kier molecular flexibility index (Phi) is 5.97. The molecule has 0 aliphatic rings. The fraction of sp³-hybridized carbons (Fsp3) is 0.333. The molecule has 2 aromatic rings. The van der Waals surface area contributed by atoms with Gasteiger partial charge in [-0.05, 0) is 31.0 Å². The number of benzene rings is 1. The summed E-state index contributed by atoms with van der Waals surface area (Å²) in [4.78, 5) is 23.8. The minimum absolute atomic E-state index is 0.0837. The van der Waals surface area contributed by atoms with Gasteiger partial charge in [-0.2, -0.15) is 0 Å². The molecule has 1 aromatic heterocycles. The summed E-state index contributed by atoms with van der Waals surface area (Å²) in [5.41, 5.74) is 1.18. The van der Waals surface area contributed by atoms with E-state index < -0.39 is 12.1 Å². The molecule has 0 saturated carbocycles. The number of amides is 1. The van der Waals surface area contributed by atoms with Crippen LogP contribution < -0.4 is 5.32 Å². The lowest BCUT2D eigenvalue weighted by molar-refractivity contribution is -0.129. The molecular weight excluding hydrogens is 294 g/mol. The van der Waals surface area contributed by atoms with E-state index in [1.165, 1.54) is 17.9 Å². The van der Waals surface area contributed by atoms with Gasteiger partial charge in [0.15, 0.2) is 6.10 Å². The predicted molar refractivity (Wildman–Crippen MR) is 86.1 cm³/mol. The van der Waals surface area contributed by atoms with Gasteiger partial charge in [-0.3, -0.25) is 4.79 Å². The average Bonchev–Trinajstić information content (AvgIpc) is 3.10. The van der Waals surface area contributed by atoms with Gasteiger partial charge in [0.1, 0.15) is 0 Å². The van der Waals surface area contributed by atoms with Crippen molar-refractivity contribution in [2.24, 2.45) is 0 Å². The first kappa shape index (κ1) is 16.8. The summed E-state index contributed by atoms with van der Waals surface area (Å²) in [5, 5.41) is 2.84. The molecule has 1 amide bonds. The third-order valence-corrected chi connectivity index (χ3v) is 3.66. The Hall–Kier alpha value is -2.56. The van der Waals surface area contributed by atoms with Crippen molar-refractivity contribution < 1.29 is 18.7 Å². The summed E-state index contributed by atoms with van der Waals surface area (Å²) in [6, 6.07) is 13.1. The van der Waals surface area contributed by atoms with Crippen molar-refractivity contribution >= 4 is 11.9 Å². The number of rotatable bonds is 7. The van der Waals surface area contributed by atoms with Gasteiger partial charge < -0.3 is 14.5 Å². The van der Waals surface area contributed by atoms with E-state index in [0.717, 1.165) is 6.42 Å². The molecule has 0 fully saturated rings. The van der Waals surface area contributed by atoms with E-state index in [1.807, 2.05) is 30.3 Å². The van der Waals surface area contributed by atoms with Gasteiger partial charge in [-0.25, -0.2) is 4.79 Å². The molecule has 0 aliphatic carbocycles. The highest BCUT2D eigenvalue weighted by Crippen LogP contribution is 2.18. The molecule has 0 spiro atoms. The molecular formula is C18H21NO4. The van der Waals surface area contributed by atoms with Crippen molar-refractivity contribution in [1.29, 1.82) is 0 Å². The van der Waals surface area contributed by atoms with Crippen molar-refractivity contribution in [3.63, 3.8) is 0 Å². The second kappa shape index (κ2) is 8.17. The van der Waals surface area contributed by atoms with Gasteiger partial charge in [0.2, 0.25) is 5.76 Å². The molecule has 0 unspecified atom stereocenters. The highest BCUT2D eigenvalue weighted by Gasteiger charge is 2.21. The number of furan rings is 1. The second-order valence-corrected chi connectivity index (χ2v) is 5.29. The van der Waals surface area contributed by atoms with E-state index in [2.05, 4.69) is 12.2 Å². The first-order valence-electron chi connectivity index (χ1n) is 7.69. The molecule has 0 aliphatic heterocycles. The van der Waals surface area contributed by atoms with Crippen LogP contribution in [0.25, 0.3) is 0 Å². The molecule has 0 saturated heterocycles. The summed E-state index contributed by atoms with van der Waals surface area (Å²) < 4.78 is 10.0. The number of hydrogen-bond donors (Lipinski definition) is 1. The number of carbonyl (C=O) groups excluding carboxylic acids is 2. The van der Waals surface area contributed by atoms with Gasteiger partial charge in [0, 0.05) is 12.5 Å². The lowest BCUT2D eigenvalue weighted by atomic mass is 9.96. The smallest absolute Gasteiger partial charge is 0.374 e. The number of ether oxygens (including phenoxy) is 1. The summed E-state index contributed by atoms with van der Waals surface area (Å²) in [6.07, 6.45) is 1.42. The topological polar surface area (TPSA) is 68.5 Å². The Balaban J connectivity index is 1.84. The molecule has 0 bridgehead atoms. The van der Waals surface area contributed by atoms with E-state index >= 15 is 0 Å². The van der Waals surface area contributed by atoms with Gasteiger partial charge in [-0.15, -0.1) is 0 Å². The molecule has 0 radical (unpaired) electrons.